The van der Waals surface area contributed by atoms with Crippen LogP contribution in [0.4, 0.5) is 4.39 Å². The van der Waals surface area contributed by atoms with Gasteiger partial charge in [0.25, 0.3) is 0 Å². The van der Waals surface area contributed by atoms with Crippen LogP contribution in [0.25, 0.3) is 0 Å². The van der Waals surface area contributed by atoms with Crippen LogP contribution < -0.4 is 9.47 Å². The molecule has 172 valence electrons. The molecule has 0 aliphatic carbocycles. The van der Waals surface area contributed by atoms with Crippen molar-refractivity contribution in [1.29, 1.82) is 0 Å². The molecule has 2 aromatic carbocycles. The number of esters is 1. The summed E-state index contributed by atoms with van der Waals surface area (Å²) in [5.41, 5.74) is 0.122. The van der Waals surface area contributed by atoms with Crippen molar-refractivity contribution >= 4 is 27.6 Å². The highest BCUT2D eigenvalue weighted by Crippen LogP contribution is 2.34. The zero-order valence-corrected chi connectivity index (χ0v) is 18.8. The van der Waals surface area contributed by atoms with E-state index in [0.717, 1.165) is 6.42 Å². The number of nitrogens with zero attached hydrogens (tertiary/aromatic N) is 1. The van der Waals surface area contributed by atoms with Gasteiger partial charge in [0, 0.05) is 31.1 Å². The summed E-state index contributed by atoms with van der Waals surface area (Å²) < 4.78 is 57.8. The molecular weight excluding hydrogens is 461 g/mol. The van der Waals surface area contributed by atoms with Gasteiger partial charge in [-0.1, -0.05) is 17.7 Å². The highest BCUT2D eigenvalue weighted by Gasteiger charge is 2.33. The van der Waals surface area contributed by atoms with E-state index in [2.05, 4.69) is 0 Å². The average Bonchev–Trinajstić information content (AvgIpc) is 3.03. The predicted octanol–water partition coefficient (Wildman–Crippen LogP) is 3.78. The molecule has 2 heterocycles. The number of fused-ring (bicyclic) bond motifs is 1. The third-order valence-corrected chi connectivity index (χ3v) is 7.81. The first-order valence-electron chi connectivity index (χ1n) is 10.4. The van der Waals surface area contributed by atoms with E-state index in [1.165, 1.54) is 34.6 Å². The highest BCUT2D eigenvalue weighted by molar-refractivity contribution is 7.89. The fourth-order valence-electron chi connectivity index (χ4n) is 3.72. The minimum Gasteiger partial charge on any atom is -0.490 e. The van der Waals surface area contributed by atoms with Gasteiger partial charge in [0.1, 0.15) is 12.4 Å². The Balaban J connectivity index is 1.36. The number of benzene rings is 2. The van der Waals surface area contributed by atoms with Crippen LogP contribution in [0.3, 0.4) is 0 Å². The van der Waals surface area contributed by atoms with Gasteiger partial charge in [0.2, 0.25) is 10.0 Å². The molecule has 2 aliphatic rings. The molecule has 7 nitrogen and oxygen atoms in total. The van der Waals surface area contributed by atoms with Crippen LogP contribution in [0.15, 0.2) is 41.3 Å². The van der Waals surface area contributed by atoms with Crippen LogP contribution in [0.2, 0.25) is 5.02 Å². The number of sulfonamides is 1. The van der Waals surface area contributed by atoms with Crippen molar-refractivity contribution in [2.75, 3.05) is 26.3 Å². The van der Waals surface area contributed by atoms with Gasteiger partial charge in [-0.25, -0.2) is 12.8 Å². The minimum atomic E-state index is -3.74. The summed E-state index contributed by atoms with van der Waals surface area (Å²) in [6.45, 7) is 1.07. The van der Waals surface area contributed by atoms with Gasteiger partial charge in [-0.3, -0.25) is 4.79 Å². The number of hydrogen-bond acceptors (Lipinski definition) is 6. The van der Waals surface area contributed by atoms with E-state index in [9.17, 15) is 17.6 Å². The number of ether oxygens (including phenoxy) is 3. The van der Waals surface area contributed by atoms with Crippen LogP contribution in [-0.2, 0) is 26.2 Å². The van der Waals surface area contributed by atoms with Crippen molar-refractivity contribution in [2.45, 2.75) is 30.8 Å². The van der Waals surface area contributed by atoms with Crippen molar-refractivity contribution in [3.63, 3.8) is 0 Å². The van der Waals surface area contributed by atoms with Crippen molar-refractivity contribution in [2.24, 2.45) is 5.92 Å². The molecular formula is C22H23ClFNO6S. The zero-order chi connectivity index (χ0) is 22.7. The topological polar surface area (TPSA) is 82.1 Å². The standard InChI is InChI=1S/C22H23ClFNO6S/c23-18-3-1-4-19(24)17(18)14-31-22(26)15-7-9-25(10-8-15)32(27,28)16-5-6-20-21(13-16)30-12-2-11-29-20/h1,3-6,13,15H,2,7-12,14H2. The Kier molecular flexibility index (Phi) is 6.88. The number of carbonyl (C=O) groups excluding carboxylic acids is 1. The second-order valence-corrected chi connectivity index (χ2v) is 9.99. The first-order valence-corrected chi connectivity index (χ1v) is 12.2. The molecule has 0 saturated carbocycles. The number of hydrogen-bond donors (Lipinski definition) is 0. The second kappa shape index (κ2) is 9.64. The smallest absolute Gasteiger partial charge is 0.309 e. The Labute approximate surface area is 191 Å². The Morgan fingerprint density at radius 1 is 1.12 bits per heavy atom. The molecule has 4 rings (SSSR count). The number of carbonyl (C=O) groups is 1. The molecule has 0 atom stereocenters. The summed E-state index contributed by atoms with van der Waals surface area (Å²) in [6, 6.07) is 8.83. The molecule has 2 aromatic rings. The van der Waals surface area contributed by atoms with Crippen molar-refractivity contribution in [3.05, 3.63) is 52.8 Å². The Morgan fingerprint density at radius 3 is 2.56 bits per heavy atom. The molecule has 2 aliphatic heterocycles. The monoisotopic (exact) mass is 483 g/mol. The molecule has 0 spiro atoms. The van der Waals surface area contributed by atoms with Crippen molar-refractivity contribution in [3.8, 4) is 11.5 Å². The number of halogens is 2. The zero-order valence-electron chi connectivity index (χ0n) is 17.3. The highest BCUT2D eigenvalue weighted by atomic mass is 35.5. The molecule has 1 saturated heterocycles. The van der Waals surface area contributed by atoms with Gasteiger partial charge in [0.05, 0.1) is 29.0 Å². The Hall–Kier alpha value is -2.36. The third-order valence-electron chi connectivity index (χ3n) is 5.56. The van der Waals surface area contributed by atoms with E-state index in [0.29, 0.717) is 37.6 Å². The molecule has 32 heavy (non-hydrogen) atoms. The average molecular weight is 484 g/mol. The molecule has 0 bridgehead atoms. The van der Waals surface area contributed by atoms with Crippen LogP contribution >= 0.6 is 11.6 Å². The first kappa shape index (κ1) is 22.8. The number of rotatable bonds is 5. The number of piperidine rings is 1. The fraction of sp³-hybridized carbons (Fsp3) is 0.409. The van der Waals surface area contributed by atoms with E-state index >= 15 is 0 Å². The van der Waals surface area contributed by atoms with E-state index in [-0.39, 0.29) is 35.2 Å². The fourth-order valence-corrected chi connectivity index (χ4v) is 5.42. The van der Waals surface area contributed by atoms with Crippen LogP contribution in [0, 0.1) is 11.7 Å². The van der Waals surface area contributed by atoms with Gasteiger partial charge in [-0.15, -0.1) is 0 Å². The Morgan fingerprint density at radius 2 is 1.84 bits per heavy atom. The predicted molar refractivity (Wildman–Crippen MR) is 115 cm³/mol. The van der Waals surface area contributed by atoms with E-state index in [1.807, 2.05) is 0 Å². The van der Waals surface area contributed by atoms with E-state index in [4.69, 9.17) is 25.8 Å². The first-order chi connectivity index (χ1) is 15.4. The van der Waals surface area contributed by atoms with Crippen LogP contribution in [0.5, 0.6) is 11.5 Å². The molecule has 1 fully saturated rings. The van der Waals surface area contributed by atoms with E-state index in [1.54, 1.807) is 6.07 Å². The maximum atomic E-state index is 13.8. The summed E-state index contributed by atoms with van der Waals surface area (Å²) in [5.74, 6) is -0.555. The summed E-state index contributed by atoms with van der Waals surface area (Å²) >= 11 is 5.96. The van der Waals surface area contributed by atoms with Gasteiger partial charge in [0.15, 0.2) is 11.5 Å². The molecule has 0 aromatic heterocycles. The quantitative estimate of drug-likeness (QED) is 0.602. The molecule has 10 heteroatoms. The largest absolute Gasteiger partial charge is 0.490 e. The summed E-state index contributed by atoms with van der Waals surface area (Å²) in [4.78, 5) is 12.5. The maximum absolute atomic E-state index is 13.8. The van der Waals surface area contributed by atoms with Crippen LogP contribution in [0.1, 0.15) is 24.8 Å². The van der Waals surface area contributed by atoms with Crippen LogP contribution in [-0.4, -0.2) is 45.0 Å². The van der Waals surface area contributed by atoms with Gasteiger partial charge in [-0.05, 0) is 37.1 Å². The van der Waals surface area contributed by atoms with Crippen molar-refractivity contribution < 1.29 is 31.8 Å². The van der Waals surface area contributed by atoms with Gasteiger partial charge >= 0.3 is 5.97 Å². The third kappa shape index (κ3) is 4.84. The lowest BCUT2D eigenvalue weighted by molar-refractivity contribution is -0.151. The Bertz CT molecular complexity index is 1080. The minimum absolute atomic E-state index is 0.122. The molecule has 0 amide bonds. The molecule has 0 N–H and O–H groups in total. The van der Waals surface area contributed by atoms with Gasteiger partial charge in [-0.2, -0.15) is 4.31 Å². The summed E-state index contributed by atoms with van der Waals surface area (Å²) in [5, 5.41) is 0.189. The molecule has 0 unspecified atom stereocenters. The lowest BCUT2D eigenvalue weighted by atomic mass is 9.98. The van der Waals surface area contributed by atoms with E-state index < -0.39 is 27.7 Å². The molecule has 0 radical (unpaired) electrons. The second-order valence-electron chi connectivity index (χ2n) is 7.65. The lowest BCUT2D eigenvalue weighted by Gasteiger charge is -2.30. The lowest BCUT2D eigenvalue weighted by Crippen LogP contribution is -2.40. The van der Waals surface area contributed by atoms with Crippen molar-refractivity contribution in [1.82, 2.24) is 4.31 Å². The van der Waals surface area contributed by atoms with Gasteiger partial charge < -0.3 is 14.2 Å². The maximum Gasteiger partial charge on any atom is 0.309 e. The SMILES string of the molecule is O=C(OCc1c(F)cccc1Cl)C1CCN(S(=O)(=O)c2ccc3c(c2)OCCCO3)CC1. The summed E-state index contributed by atoms with van der Waals surface area (Å²) in [6.07, 6.45) is 1.35. The summed E-state index contributed by atoms with van der Waals surface area (Å²) in [7, 11) is -3.74. The normalized spacial score (nSPS) is 17.6.